The van der Waals surface area contributed by atoms with Crippen LogP contribution in [0.2, 0.25) is 0 Å². The van der Waals surface area contributed by atoms with E-state index < -0.39 is 8.25 Å². The number of unbranched alkanes of at least 4 members (excludes halogenated alkanes) is 10. The van der Waals surface area contributed by atoms with Crippen LogP contribution >= 0.6 is 8.25 Å². The fraction of sp³-hybridized carbons (Fsp3) is 1.00. The average molecular weight is 503 g/mol. The topological polar surface area (TPSA) is 35.5 Å². The van der Waals surface area contributed by atoms with Gasteiger partial charge in [0.1, 0.15) is 0 Å². The van der Waals surface area contributed by atoms with Crippen molar-refractivity contribution < 1.29 is 13.6 Å². The van der Waals surface area contributed by atoms with Crippen molar-refractivity contribution in [2.24, 2.45) is 11.8 Å². The molecule has 0 N–H and O–H groups in total. The third-order valence-corrected chi connectivity index (χ3v) is 8.20. The van der Waals surface area contributed by atoms with Crippen molar-refractivity contribution in [2.75, 3.05) is 13.2 Å². The van der Waals surface area contributed by atoms with E-state index in [4.69, 9.17) is 9.05 Å². The van der Waals surface area contributed by atoms with Gasteiger partial charge in [0.15, 0.2) is 0 Å². The highest BCUT2D eigenvalue weighted by Crippen LogP contribution is 2.28. The zero-order chi connectivity index (χ0) is 25.1. The third kappa shape index (κ3) is 23.9. The van der Waals surface area contributed by atoms with E-state index in [1.165, 1.54) is 128 Å². The standard InChI is InChI=1S/C30H63O3P/c1-5-9-13-21-29(22-14-10-6-2)25-17-19-27-32-34(31)33-28-20-18-26-30(23-15-11-7-3)24-16-12-8-4/h29-30,34H,5-28H2,1-4H3. The quantitative estimate of drug-likeness (QED) is 0.0788. The van der Waals surface area contributed by atoms with E-state index >= 15 is 0 Å². The second-order valence-corrected chi connectivity index (χ2v) is 11.7. The predicted molar refractivity (Wildman–Crippen MR) is 152 cm³/mol. The molecule has 34 heavy (non-hydrogen) atoms. The van der Waals surface area contributed by atoms with Gasteiger partial charge in [0.25, 0.3) is 0 Å². The van der Waals surface area contributed by atoms with Crippen LogP contribution in [-0.4, -0.2) is 13.2 Å². The lowest BCUT2D eigenvalue weighted by Crippen LogP contribution is -2.03. The SMILES string of the molecule is CCCCCC(CCCCC)CCCCO[PH](=O)OCCCCC(CCCCC)CCCCC. The highest BCUT2D eigenvalue weighted by molar-refractivity contribution is 7.33. The fourth-order valence-electron chi connectivity index (χ4n) is 5.02. The molecule has 0 radical (unpaired) electrons. The van der Waals surface area contributed by atoms with Gasteiger partial charge in [0, 0.05) is 0 Å². The minimum Gasteiger partial charge on any atom is -0.311 e. The van der Waals surface area contributed by atoms with Crippen molar-refractivity contribution in [2.45, 2.75) is 169 Å². The summed E-state index contributed by atoms with van der Waals surface area (Å²) in [6.45, 7) is 10.3. The largest absolute Gasteiger partial charge is 0.319 e. The van der Waals surface area contributed by atoms with Gasteiger partial charge in [-0.05, 0) is 24.7 Å². The van der Waals surface area contributed by atoms with Crippen LogP contribution in [0.25, 0.3) is 0 Å². The van der Waals surface area contributed by atoms with Gasteiger partial charge in [-0.1, -0.05) is 156 Å². The maximum atomic E-state index is 12.1. The molecule has 4 heteroatoms. The molecule has 0 saturated heterocycles. The lowest BCUT2D eigenvalue weighted by atomic mass is 9.90. The van der Waals surface area contributed by atoms with E-state index in [0.29, 0.717) is 13.2 Å². The van der Waals surface area contributed by atoms with Gasteiger partial charge in [-0.2, -0.15) is 0 Å². The Balaban J connectivity index is 3.84. The van der Waals surface area contributed by atoms with Gasteiger partial charge in [-0.25, -0.2) is 0 Å². The maximum Gasteiger partial charge on any atom is 0.319 e. The second-order valence-electron chi connectivity index (χ2n) is 10.7. The molecule has 0 aliphatic heterocycles. The monoisotopic (exact) mass is 502 g/mol. The zero-order valence-electron chi connectivity index (χ0n) is 23.9. The van der Waals surface area contributed by atoms with Crippen LogP contribution < -0.4 is 0 Å². The molecule has 0 fully saturated rings. The molecular weight excluding hydrogens is 439 g/mol. The first kappa shape index (κ1) is 34.1. The Morgan fingerprint density at radius 1 is 0.441 bits per heavy atom. The van der Waals surface area contributed by atoms with Gasteiger partial charge in [0.2, 0.25) is 0 Å². The molecule has 206 valence electrons. The lowest BCUT2D eigenvalue weighted by molar-refractivity contribution is 0.214. The first-order chi connectivity index (χ1) is 16.7. The molecule has 0 aromatic rings. The highest BCUT2D eigenvalue weighted by atomic mass is 31.1. The first-order valence-electron chi connectivity index (χ1n) is 15.5. The molecule has 0 bridgehead atoms. The zero-order valence-corrected chi connectivity index (χ0v) is 24.9. The lowest BCUT2D eigenvalue weighted by Gasteiger charge is -2.17. The van der Waals surface area contributed by atoms with Crippen molar-refractivity contribution in [1.29, 1.82) is 0 Å². The Bertz CT molecular complexity index is 360. The summed E-state index contributed by atoms with van der Waals surface area (Å²) in [6, 6.07) is 0. The summed E-state index contributed by atoms with van der Waals surface area (Å²) >= 11 is 0. The summed E-state index contributed by atoms with van der Waals surface area (Å²) < 4.78 is 23.1. The molecule has 0 amide bonds. The second kappa shape index (κ2) is 27.7. The van der Waals surface area contributed by atoms with E-state index in [1.54, 1.807) is 0 Å². The van der Waals surface area contributed by atoms with E-state index in [1.807, 2.05) is 0 Å². The van der Waals surface area contributed by atoms with Gasteiger partial charge in [0.05, 0.1) is 13.2 Å². The van der Waals surface area contributed by atoms with Crippen LogP contribution in [0.1, 0.15) is 169 Å². The summed E-state index contributed by atoms with van der Waals surface area (Å²) in [4.78, 5) is 0. The predicted octanol–water partition coefficient (Wildman–Crippen LogP) is 11.3. The van der Waals surface area contributed by atoms with E-state index in [2.05, 4.69) is 27.7 Å². The molecule has 0 heterocycles. The Hall–Kier alpha value is 0.150. The first-order valence-corrected chi connectivity index (χ1v) is 16.7. The van der Waals surface area contributed by atoms with Crippen molar-refractivity contribution >= 4 is 8.25 Å². The number of hydrogen-bond donors (Lipinski definition) is 0. The van der Waals surface area contributed by atoms with Crippen molar-refractivity contribution in [3.8, 4) is 0 Å². The molecular formula is C30H63O3P. The number of hydrogen-bond acceptors (Lipinski definition) is 3. The van der Waals surface area contributed by atoms with Crippen LogP contribution in [-0.2, 0) is 13.6 Å². The van der Waals surface area contributed by atoms with Crippen LogP contribution in [0.5, 0.6) is 0 Å². The summed E-state index contributed by atoms with van der Waals surface area (Å²) in [5.41, 5.74) is 0. The van der Waals surface area contributed by atoms with Crippen molar-refractivity contribution in [1.82, 2.24) is 0 Å². The van der Waals surface area contributed by atoms with Crippen molar-refractivity contribution in [3.05, 3.63) is 0 Å². The summed E-state index contributed by atoms with van der Waals surface area (Å²) in [5, 5.41) is 0. The molecule has 0 atom stereocenters. The molecule has 0 aliphatic rings. The Morgan fingerprint density at radius 2 is 0.706 bits per heavy atom. The normalized spacial score (nSPS) is 12.0. The summed E-state index contributed by atoms with van der Waals surface area (Å²) in [5.74, 6) is 1.75. The van der Waals surface area contributed by atoms with Gasteiger partial charge in [-0.15, -0.1) is 0 Å². The van der Waals surface area contributed by atoms with E-state index in [0.717, 1.165) is 24.7 Å². The van der Waals surface area contributed by atoms with Crippen LogP contribution in [0.3, 0.4) is 0 Å². The Kier molecular flexibility index (Phi) is 27.9. The number of rotatable bonds is 28. The summed E-state index contributed by atoms with van der Waals surface area (Å²) in [6.07, 6.45) is 28.8. The van der Waals surface area contributed by atoms with E-state index in [-0.39, 0.29) is 0 Å². The molecule has 0 aromatic carbocycles. The molecule has 0 aliphatic carbocycles. The van der Waals surface area contributed by atoms with Gasteiger partial charge in [-0.3, -0.25) is 4.57 Å². The Morgan fingerprint density at radius 3 is 0.971 bits per heavy atom. The highest BCUT2D eigenvalue weighted by Gasteiger charge is 2.10. The van der Waals surface area contributed by atoms with Crippen LogP contribution in [0.4, 0.5) is 0 Å². The molecule has 0 spiro atoms. The average Bonchev–Trinajstić information content (AvgIpc) is 2.83. The summed E-state index contributed by atoms with van der Waals surface area (Å²) in [7, 11) is -2.31. The molecule has 0 saturated carbocycles. The van der Waals surface area contributed by atoms with Crippen LogP contribution in [0, 0.1) is 11.8 Å². The molecule has 0 unspecified atom stereocenters. The molecule has 0 aromatic heterocycles. The van der Waals surface area contributed by atoms with Gasteiger partial charge < -0.3 is 9.05 Å². The molecule has 0 rings (SSSR count). The molecule has 3 nitrogen and oxygen atoms in total. The smallest absolute Gasteiger partial charge is 0.311 e. The van der Waals surface area contributed by atoms with Gasteiger partial charge >= 0.3 is 8.25 Å². The minimum absolute atomic E-state index is 0.589. The van der Waals surface area contributed by atoms with E-state index in [9.17, 15) is 4.57 Å². The minimum atomic E-state index is -2.31. The Labute approximate surface area is 215 Å². The van der Waals surface area contributed by atoms with Crippen LogP contribution in [0.15, 0.2) is 0 Å². The third-order valence-electron chi connectivity index (χ3n) is 7.32. The fourth-order valence-corrected chi connectivity index (χ4v) is 5.73. The van der Waals surface area contributed by atoms with Crippen molar-refractivity contribution in [3.63, 3.8) is 0 Å². The maximum absolute atomic E-state index is 12.1.